The van der Waals surface area contributed by atoms with Crippen molar-refractivity contribution >= 4 is 51.0 Å². The van der Waals surface area contributed by atoms with E-state index in [9.17, 15) is 4.79 Å². The van der Waals surface area contributed by atoms with Crippen LogP contribution < -0.4 is 10.1 Å². The van der Waals surface area contributed by atoms with Crippen molar-refractivity contribution in [1.82, 2.24) is 22.6 Å². The van der Waals surface area contributed by atoms with Crippen LogP contribution in [0.15, 0.2) is 43.0 Å². The van der Waals surface area contributed by atoms with E-state index in [1.807, 2.05) is 18.3 Å². The number of nitrogens with one attached hydrogen (secondary N) is 1. The first-order chi connectivity index (χ1) is 13.2. The molecule has 1 aromatic carbocycles. The quantitative estimate of drug-likeness (QED) is 0.449. The van der Waals surface area contributed by atoms with E-state index < -0.39 is 0 Å². The predicted molar refractivity (Wildman–Crippen MR) is 108 cm³/mol. The highest BCUT2D eigenvalue weighted by atomic mass is 127. The van der Waals surface area contributed by atoms with Gasteiger partial charge in [-0.15, -0.1) is 0 Å². The minimum absolute atomic E-state index is 0.277. The molecule has 0 spiro atoms. The van der Waals surface area contributed by atoms with Crippen molar-refractivity contribution < 1.29 is 9.53 Å². The lowest BCUT2D eigenvalue weighted by Crippen LogP contribution is -2.13. The number of nitrogens with zero attached hydrogens (tertiary/aromatic N) is 5. The molecule has 0 radical (unpaired) electrons. The number of hydrogen-bond acceptors (Lipinski definition) is 5. The van der Waals surface area contributed by atoms with Gasteiger partial charge in [0.15, 0.2) is 5.65 Å². The molecule has 27 heavy (non-hydrogen) atoms. The second-order valence-corrected chi connectivity index (χ2v) is 7.57. The van der Waals surface area contributed by atoms with Gasteiger partial charge in [-0.05, 0) is 30.9 Å². The largest absolute Gasteiger partial charge is 0.491 e. The maximum absolute atomic E-state index is 12.9. The molecule has 1 N–H and O–H groups in total. The van der Waals surface area contributed by atoms with Crippen molar-refractivity contribution in [3.05, 3.63) is 48.5 Å². The number of carbonyl (C=O) groups is 1. The highest BCUT2D eigenvalue weighted by Gasteiger charge is 2.23. The maximum Gasteiger partial charge on any atom is 0.261 e. The third-order valence-electron chi connectivity index (χ3n) is 4.52. The molecule has 0 atom stereocenters. The van der Waals surface area contributed by atoms with E-state index in [1.54, 1.807) is 25.9 Å². The minimum Gasteiger partial charge on any atom is -0.491 e. The summed E-state index contributed by atoms with van der Waals surface area (Å²) < 4.78 is 9.27. The topological polar surface area (TPSA) is 86.3 Å². The Kier molecular flexibility index (Phi) is 3.96. The molecule has 3 heterocycles. The summed E-state index contributed by atoms with van der Waals surface area (Å²) in [7, 11) is 0. The van der Waals surface area contributed by atoms with Crippen LogP contribution in [0.25, 0.3) is 16.6 Å². The number of halogens is 1. The molecule has 1 aliphatic rings. The molecule has 1 saturated carbocycles. The fraction of sp³-hybridized carbons (Fsp3) is 0.222. The Morgan fingerprint density at radius 1 is 1.37 bits per heavy atom. The normalized spacial score (nSPS) is 14.0. The Balaban J connectivity index is 1.50. The van der Waals surface area contributed by atoms with E-state index >= 15 is 0 Å². The summed E-state index contributed by atoms with van der Waals surface area (Å²) in [6, 6.07) is 5.52. The fourth-order valence-corrected chi connectivity index (χ4v) is 3.44. The molecule has 3 aromatic heterocycles. The van der Waals surface area contributed by atoms with Crippen LogP contribution >= 0.6 is 22.9 Å². The number of hydrogen-bond donors (Lipinski definition) is 1. The average molecular weight is 474 g/mol. The Morgan fingerprint density at radius 3 is 3.11 bits per heavy atom. The zero-order chi connectivity index (χ0) is 18.4. The van der Waals surface area contributed by atoms with Crippen LogP contribution in [0.1, 0.15) is 23.2 Å². The summed E-state index contributed by atoms with van der Waals surface area (Å²) in [4.78, 5) is 17.1. The number of ether oxygens (including phenoxy) is 1. The standard InChI is InChI=1S/C18H15IN6O2/c19-25-9-12-6-15(16(7-14(12)23-25)27-10-11-2-3-11)22-18(26)13-8-21-24-5-1-4-20-17(13)24/h1,4-9,11H,2-3,10H2,(H,22,26). The van der Waals surface area contributed by atoms with Gasteiger partial charge < -0.3 is 10.1 Å². The van der Waals surface area contributed by atoms with E-state index in [0.29, 0.717) is 35.2 Å². The average Bonchev–Trinajstić information content (AvgIpc) is 3.27. The SMILES string of the molecule is O=C(Nc1cc2cn(I)nc2cc1OCC1CC1)c1cnn2cccnc12. The number of rotatable bonds is 5. The Bertz CT molecular complexity index is 1160. The summed E-state index contributed by atoms with van der Waals surface area (Å²) in [6.45, 7) is 0.650. The smallest absolute Gasteiger partial charge is 0.261 e. The summed E-state index contributed by atoms with van der Waals surface area (Å²) in [5.41, 5.74) is 2.36. The number of benzene rings is 1. The van der Waals surface area contributed by atoms with Gasteiger partial charge in [-0.25, -0.2) is 12.4 Å². The molecule has 1 fully saturated rings. The van der Waals surface area contributed by atoms with Gasteiger partial charge >= 0.3 is 0 Å². The van der Waals surface area contributed by atoms with Crippen molar-refractivity contribution in [2.75, 3.05) is 11.9 Å². The maximum atomic E-state index is 12.9. The van der Waals surface area contributed by atoms with Gasteiger partial charge in [0.2, 0.25) is 0 Å². The van der Waals surface area contributed by atoms with Crippen molar-refractivity contribution in [3.63, 3.8) is 0 Å². The molecule has 4 aromatic rings. The van der Waals surface area contributed by atoms with E-state index in [4.69, 9.17) is 4.74 Å². The fourth-order valence-electron chi connectivity index (χ4n) is 2.91. The summed E-state index contributed by atoms with van der Waals surface area (Å²) in [5.74, 6) is 0.957. The third kappa shape index (κ3) is 3.22. The second-order valence-electron chi connectivity index (χ2n) is 6.58. The molecule has 0 bridgehead atoms. The van der Waals surface area contributed by atoms with Gasteiger partial charge in [0.1, 0.15) is 11.3 Å². The number of aromatic nitrogens is 5. The molecule has 1 aliphatic carbocycles. The van der Waals surface area contributed by atoms with Gasteiger partial charge in [0.05, 0.1) is 46.9 Å². The molecule has 9 heteroatoms. The van der Waals surface area contributed by atoms with Crippen LogP contribution in [0.3, 0.4) is 0 Å². The van der Waals surface area contributed by atoms with Crippen LogP contribution in [0.4, 0.5) is 5.69 Å². The predicted octanol–water partition coefficient (Wildman–Crippen LogP) is 3.32. The molecule has 0 aliphatic heterocycles. The van der Waals surface area contributed by atoms with Crippen LogP contribution in [0.5, 0.6) is 5.75 Å². The summed E-state index contributed by atoms with van der Waals surface area (Å²) >= 11 is 2.10. The highest BCUT2D eigenvalue weighted by Crippen LogP contribution is 2.34. The van der Waals surface area contributed by atoms with Crippen LogP contribution in [-0.2, 0) is 0 Å². The lowest BCUT2D eigenvalue weighted by atomic mass is 10.2. The number of fused-ring (bicyclic) bond motifs is 2. The molecule has 0 unspecified atom stereocenters. The first kappa shape index (κ1) is 16.5. The van der Waals surface area contributed by atoms with E-state index in [1.165, 1.54) is 19.0 Å². The number of anilines is 1. The monoisotopic (exact) mass is 474 g/mol. The van der Waals surface area contributed by atoms with Crippen molar-refractivity contribution in [2.45, 2.75) is 12.8 Å². The lowest BCUT2D eigenvalue weighted by Gasteiger charge is -2.12. The van der Waals surface area contributed by atoms with Gasteiger partial charge in [0, 0.05) is 30.0 Å². The van der Waals surface area contributed by atoms with Gasteiger partial charge in [0.25, 0.3) is 5.91 Å². The Morgan fingerprint density at radius 2 is 2.26 bits per heavy atom. The van der Waals surface area contributed by atoms with Gasteiger partial charge in [-0.2, -0.15) is 10.2 Å². The molecule has 5 rings (SSSR count). The molecular weight excluding hydrogens is 459 g/mol. The summed E-state index contributed by atoms with van der Waals surface area (Å²) in [6.07, 6.45) is 9.20. The van der Waals surface area contributed by atoms with Gasteiger partial charge in [-0.1, -0.05) is 0 Å². The molecule has 8 nitrogen and oxygen atoms in total. The number of carbonyl (C=O) groups excluding carboxylic acids is 1. The zero-order valence-corrected chi connectivity index (χ0v) is 16.3. The molecule has 136 valence electrons. The van der Waals surface area contributed by atoms with Crippen molar-refractivity contribution in [1.29, 1.82) is 0 Å². The van der Waals surface area contributed by atoms with Crippen LogP contribution in [0, 0.1) is 5.92 Å². The van der Waals surface area contributed by atoms with E-state index in [2.05, 4.69) is 43.4 Å². The second kappa shape index (κ2) is 6.48. The summed E-state index contributed by atoms with van der Waals surface area (Å²) in [5, 5.41) is 12.5. The first-order valence-electron chi connectivity index (χ1n) is 8.59. The van der Waals surface area contributed by atoms with E-state index in [0.717, 1.165) is 10.9 Å². The van der Waals surface area contributed by atoms with E-state index in [-0.39, 0.29) is 5.91 Å². The minimum atomic E-state index is -0.277. The van der Waals surface area contributed by atoms with Gasteiger partial charge in [-0.3, -0.25) is 4.79 Å². The molecular formula is C18H15IN6O2. The third-order valence-corrected chi connectivity index (χ3v) is 5.02. The van der Waals surface area contributed by atoms with Crippen LogP contribution in [-0.4, -0.2) is 35.1 Å². The first-order valence-corrected chi connectivity index (χ1v) is 9.56. The van der Waals surface area contributed by atoms with Crippen molar-refractivity contribution in [2.24, 2.45) is 5.92 Å². The highest BCUT2D eigenvalue weighted by molar-refractivity contribution is 14.1. The number of amides is 1. The molecule has 1 amide bonds. The van der Waals surface area contributed by atoms with Crippen molar-refractivity contribution in [3.8, 4) is 5.75 Å². The van der Waals surface area contributed by atoms with Crippen LogP contribution in [0.2, 0.25) is 0 Å². The molecule has 0 saturated heterocycles. The zero-order valence-electron chi connectivity index (χ0n) is 14.2. The Hall–Kier alpha value is -2.69. The lowest BCUT2D eigenvalue weighted by molar-refractivity contribution is 0.102. The Labute approximate surface area is 168 Å².